The third kappa shape index (κ3) is 4.63. The summed E-state index contributed by atoms with van der Waals surface area (Å²) >= 11 is 1.68. The zero-order valence-electron chi connectivity index (χ0n) is 11.9. The summed E-state index contributed by atoms with van der Waals surface area (Å²) in [6.07, 6.45) is -0.0305. The molecule has 0 radical (unpaired) electrons. The van der Waals surface area contributed by atoms with E-state index in [9.17, 15) is 21.6 Å². The fraction of sp³-hybridized carbons (Fsp3) is 0.571. The Balaban J connectivity index is 1.98. The van der Waals surface area contributed by atoms with Crippen LogP contribution in [0.4, 0.5) is 13.2 Å². The first-order valence-corrected chi connectivity index (χ1v) is 9.61. The van der Waals surface area contributed by atoms with Crippen LogP contribution in [0, 0.1) is 0 Å². The molecule has 1 N–H and O–H groups in total. The molecule has 0 heterocycles. The molecule has 1 aliphatic carbocycles. The smallest absolute Gasteiger partial charge is 0.210 e. The predicted octanol–water partition coefficient (Wildman–Crippen LogP) is 3.66. The Morgan fingerprint density at radius 1 is 1.18 bits per heavy atom. The van der Waals surface area contributed by atoms with Gasteiger partial charge in [-0.3, -0.25) is 0 Å². The summed E-state index contributed by atoms with van der Waals surface area (Å²) in [7, 11) is -4.15. The van der Waals surface area contributed by atoms with Gasteiger partial charge in [-0.1, -0.05) is 25.0 Å². The van der Waals surface area contributed by atoms with Crippen LogP contribution in [-0.4, -0.2) is 26.0 Å². The van der Waals surface area contributed by atoms with Crippen molar-refractivity contribution in [3.63, 3.8) is 0 Å². The highest BCUT2D eigenvalue weighted by molar-refractivity contribution is 8.00. The fourth-order valence-corrected chi connectivity index (χ4v) is 5.08. The van der Waals surface area contributed by atoms with E-state index >= 15 is 0 Å². The zero-order valence-corrected chi connectivity index (χ0v) is 13.5. The van der Waals surface area contributed by atoms with Gasteiger partial charge in [0.2, 0.25) is 10.0 Å². The monoisotopic (exact) mass is 353 g/mol. The van der Waals surface area contributed by atoms with E-state index in [0.29, 0.717) is 11.0 Å². The predicted molar refractivity (Wildman–Crippen MR) is 81.3 cm³/mol. The van der Waals surface area contributed by atoms with Gasteiger partial charge in [0.1, 0.15) is 0 Å². The average molecular weight is 353 g/mol. The number of rotatable bonds is 6. The van der Waals surface area contributed by atoms with Crippen molar-refractivity contribution in [3.05, 3.63) is 29.8 Å². The van der Waals surface area contributed by atoms with E-state index in [1.54, 1.807) is 11.8 Å². The summed E-state index contributed by atoms with van der Waals surface area (Å²) in [4.78, 5) is -0.714. The van der Waals surface area contributed by atoms with Crippen LogP contribution in [0.1, 0.15) is 31.2 Å². The fourth-order valence-electron chi connectivity index (χ4n) is 2.47. The molecule has 0 bridgehead atoms. The van der Waals surface area contributed by atoms with Gasteiger partial charge in [-0.25, -0.2) is 13.1 Å². The largest absolute Gasteiger partial charge is 0.417 e. The molecule has 1 fully saturated rings. The highest BCUT2D eigenvalue weighted by atomic mass is 32.2. The van der Waals surface area contributed by atoms with Crippen molar-refractivity contribution < 1.29 is 21.6 Å². The summed E-state index contributed by atoms with van der Waals surface area (Å²) in [6.45, 7) is 0.135. The van der Waals surface area contributed by atoms with Crippen molar-refractivity contribution in [3.8, 4) is 0 Å². The first-order chi connectivity index (χ1) is 10.3. The molecule has 0 atom stereocenters. The van der Waals surface area contributed by atoms with Crippen LogP contribution < -0.4 is 4.72 Å². The number of halogens is 3. The summed E-state index contributed by atoms with van der Waals surface area (Å²) in [5, 5.41) is 0.548. The van der Waals surface area contributed by atoms with E-state index < -0.39 is 26.7 Å². The molecule has 1 aliphatic rings. The molecule has 0 aliphatic heterocycles. The molecule has 1 aromatic carbocycles. The van der Waals surface area contributed by atoms with Crippen molar-refractivity contribution in [2.45, 2.75) is 42.0 Å². The highest BCUT2D eigenvalue weighted by Gasteiger charge is 2.36. The first-order valence-electron chi connectivity index (χ1n) is 7.08. The minimum atomic E-state index is -4.69. The number of alkyl halides is 3. The molecule has 0 spiro atoms. The molecular weight excluding hydrogens is 335 g/mol. The third-order valence-corrected chi connectivity index (χ3v) is 6.43. The molecule has 3 nitrogen and oxygen atoms in total. The molecule has 8 heteroatoms. The van der Waals surface area contributed by atoms with Gasteiger partial charge < -0.3 is 0 Å². The van der Waals surface area contributed by atoms with Gasteiger partial charge in [-0.05, 0) is 25.0 Å². The second-order valence-electron chi connectivity index (χ2n) is 5.17. The van der Waals surface area contributed by atoms with Crippen molar-refractivity contribution >= 4 is 21.8 Å². The van der Waals surface area contributed by atoms with E-state index in [0.717, 1.165) is 25.0 Å². The number of hydrogen-bond donors (Lipinski definition) is 1. The summed E-state index contributed by atoms with van der Waals surface area (Å²) in [5.41, 5.74) is -1.13. The van der Waals surface area contributed by atoms with Gasteiger partial charge in [0.25, 0.3) is 0 Å². The molecule has 1 aromatic rings. The average Bonchev–Trinajstić information content (AvgIpc) is 2.96. The van der Waals surface area contributed by atoms with Crippen molar-refractivity contribution in [2.75, 3.05) is 12.3 Å². The summed E-state index contributed by atoms with van der Waals surface area (Å²) < 4.78 is 65.0. The Hall–Kier alpha value is -0.730. The maximum atomic E-state index is 12.9. The Bertz CT molecular complexity index is 596. The second-order valence-corrected chi connectivity index (χ2v) is 8.31. The zero-order chi connectivity index (χ0) is 16.2. The molecule has 0 aromatic heterocycles. The molecule has 2 rings (SSSR count). The van der Waals surface area contributed by atoms with Crippen molar-refractivity contribution in [1.29, 1.82) is 0 Å². The number of hydrogen-bond acceptors (Lipinski definition) is 3. The lowest BCUT2D eigenvalue weighted by molar-refractivity contribution is -0.139. The van der Waals surface area contributed by atoms with Gasteiger partial charge in [0.05, 0.1) is 10.5 Å². The van der Waals surface area contributed by atoms with E-state index in [4.69, 9.17) is 0 Å². The van der Waals surface area contributed by atoms with Crippen LogP contribution in [0.2, 0.25) is 0 Å². The lowest BCUT2D eigenvalue weighted by Crippen LogP contribution is -2.28. The highest BCUT2D eigenvalue weighted by Crippen LogP contribution is 2.34. The van der Waals surface area contributed by atoms with E-state index in [1.165, 1.54) is 25.0 Å². The van der Waals surface area contributed by atoms with Crippen molar-refractivity contribution in [2.24, 2.45) is 0 Å². The SMILES string of the molecule is O=S(=O)(NCCSC1CCCC1)c1ccccc1C(F)(F)F. The molecule has 1 saturated carbocycles. The Morgan fingerprint density at radius 3 is 2.45 bits per heavy atom. The van der Waals surface area contributed by atoms with E-state index in [-0.39, 0.29) is 6.54 Å². The molecular formula is C14H18F3NO2S2. The minimum absolute atomic E-state index is 0.135. The Morgan fingerprint density at radius 2 is 1.82 bits per heavy atom. The number of sulfonamides is 1. The van der Waals surface area contributed by atoms with E-state index in [1.807, 2.05) is 0 Å². The molecule has 0 saturated heterocycles. The lowest BCUT2D eigenvalue weighted by atomic mass is 10.2. The Kier molecular flexibility index (Phi) is 5.79. The molecule has 124 valence electrons. The summed E-state index contributed by atoms with van der Waals surface area (Å²) in [6, 6.07) is 4.23. The maximum absolute atomic E-state index is 12.9. The topological polar surface area (TPSA) is 46.2 Å². The quantitative estimate of drug-likeness (QED) is 0.794. The number of nitrogens with one attached hydrogen (secondary N) is 1. The van der Waals surface area contributed by atoms with Crippen LogP contribution in [0.25, 0.3) is 0 Å². The third-order valence-electron chi connectivity index (χ3n) is 3.53. The van der Waals surface area contributed by atoms with Gasteiger partial charge in [0.15, 0.2) is 0 Å². The van der Waals surface area contributed by atoms with Crippen LogP contribution >= 0.6 is 11.8 Å². The lowest BCUT2D eigenvalue weighted by Gasteiger charge is -2.14. The van der Waals surface area contributed by atoms with Crippen LogP contribution in [0.3, 0.4) is 0 Å². The molecule has 0 unspecified atom stereocenters. The minimum Gasteiger partial charge on any atom is -0.210 e. The van der Waals surface area contributed by atoms with Crippen LogP contribution in [-0.2, 0) is 16.2 Å². The van der Waals surface area contributed by atoms with Gasteiger partial charge >= 0.3 is 6.18 Å². The van der Waals surface area contributed by atoms with Gasteiger partial charge in [-0.15, -0.1) is 0 Å². The molecule has 22 heavy (non-hydrogen) atoms. The first kappa shape index (κ1) is 17.6. The standard InChI is InChI=1S/C14H18F3NO2S2/c15-14(16,17)12-7-3-4-8-13(12)22(19,20)18-9-10-21-11-5-1-2-6-11/h3-4,7-8,11,18H,1-2,5-6,9-10H2. The van der Waals surface area contributed by atoms with Crippen LogP contribution in [0.5, 0.6) is 0 Å². The maximum Gasteiger partial charge on any atom is 0.417 e. The van der Waals surface area contributed by atoms with Crippen molar-refractivity contribution in [1.82, 2.24) is 4.72 Å². The second kappa shape index (κ2) is 7.23. The van der Waals surface area contributed by atoms with Gasteiger partial charge in [0, 0.05) is 17.5 Å². The summed E-state index contributed by atoms with van der Waals surface area (Å²) in [5.74, 6) is 0.568. The normalized spacial score (nSPS) is 17.0. The number of thioether (sulfide) groups is 1. The van der Waals surface area contributed by atoms with Crippen LogP contribution in [0.15, 0.2) is 29.2 Å². The Labute approximate surface area is 132 Å². The number of benzene rings is 1. The molecule has 0 amide bonds. The van der Waals surface area contributed by atoms with E-state index in [2.05, 4.69) is 4.72 Å². The van der Waals surface area contributed by atoms with Gasteiger partial charge in [-0.2, -0.15) is 24.9 Å².